The molecular weight excluding hydrogens is 325 g/mol. The van der Waals surface area contributed by atoms with Crippen LogP contribution in [0.1, 0.15) is 12.5 Å². The van der Waals surface area contributed by atoms with Gasteiger partial charge in [-0.05, 0) is 42.8 Å². The largest absolute Gasteiger partial charge is 0.479 e. The van der Waals surface area contributed by atoms with E-state index < -0.39 is 6.10 Å². The number of hydrogen-bond acceptors (Lipinski definition) is 3. The molecule has 0 spiro atoms. The van der Waals surface area contributed by atoms with E-state index in [1.54, 1.807) is 49.4 Å². The number of amides is 1. The molecule has 2 rings (SSSR count). The molecule has 6 heteroatoms. The molecule has 0 bridgehead atoms. The Bertz CT molecular complexity index is 676. The topological polar surface area (TPSA) is 58.6 Å². The number of ether oxygens (including phenoxy) is 1. The van der Waals surface area contributed by atoms with Crippen LogP contribution in [0, 0.1) is 0 Å². The average molecular weight is 340 g/mol. The number of carbonyl (C=O) groups excluding carboxylic acids is 1. The van der Waals surface area contributed by atoms with Crippen LogP contribution < -0.4 is 10.1 Å². The molecule has 0 fully saturated rings. The van der Waals surface area contributed by atoms with Crippen molar-refractivity contribution in [3.05, 3.63) is 58.1 Å². The number of anilines is 1. The van der Waals surface area contributed by atoms with Crippen LogP contribution in [0.5, 0.6) is 5.75 Å². The molecule has 1 atom stereocenters. The smallest absolute Gasteiger partial charge is 0.265 e. The number of carbonyl (C=O) groups is 1. The third-order valence-corrected chi connectivity index (χ3v) is 3.47. The summed E-state index contributed by atoms with van der Waals surface area (Å²) in [4.78, 5) is 12.1. The Morgan fingerprint density at radius 1 is 1.27 bits per heavy atom. The quantitative estimate of drug-likeness (QED) is 0.868. The standard InChI is InChI=1S/C16H15Cl2NO3/c1-10(22-15-6-5-12(17)8-14(15)18)16(21)19-13-4-2-3-11(7-13)9-20/h2-8,10,20H,9H2,1H3,(H,19,21). The molecule has 2 aromatic rings. The van der Waals surface area contributed by atoms with Crippen LogP contribution in [0.4, 0.5) is 5.69 Å². The highest BCUT2D eigenvalue weighted by molar-refractivity contribution is 6.35. The molecule has 0 saturated heterocycles. The van der Waals surface area contributed by atoms with Gasteiger partial charge >= 0.3 is 0 Å². The van der Waals surface area contributed by atoms with Crippen LogP contribution in [0.15, 0.2) is 42.5 Å². The number of hydrogen-bond donors (Lipinski definition) is 2. The Kier molecular flexibility index (Phi) is 5.66. The minimum atomic E-state index is -0.739. The molecule has 1 unspecified atom stereocenters. The number of aliphatic hydroxyl groups excluding tert-OH is 1. The van der Waals surface area contributed by atoms with E-state index in [1.807, 2.05) is 0 Å². The van der Waals surface area contributed by atoms with Gasteiger partial charge in [0.25, 0.3) is 5.91 Å². The third-order valence-electron chi connectivity index (χ3n) is 2.94. The van der Waals surface area contributed by atoms with E-state index >= 15 is 0 Å². The lowest BCUT2D eigenvalue weighted by Gasteiger charge is -2.16. The van der Waals surface area contributed by atoms with Crippen LogP contribution in [0.2, 0.25) is 10.0 Å². The fourth-order valence-electron chi connectivity index (χ4n) is 1.81. The van der Waals surface area contributed by atoms with Gasteiger partial charge in [-0.3, -0.25) is 4.79 Å². The number of benzene rings is 2. The van der Waals surface area contributed by atoms with Crippen LogP contribution in [0.3, 0.4) is 0 Å². The van der Waals surface area contributed by atoms with E-state index in [2.05, 4.69) is 5.32 Å². The van der Waals surface area contributed by atoms with Gasteiger partial charge in [-0.1, -0.05) is 35.3 Å². The highest BCUT2D eigenvalue weighted by Gasteiger charge is 2.16. The summed E-state index contributed by atoms with van der Waals surface area (Å²) in [6.45, 7) is 1.53. The van der Waals surface area contributed by atoms with E-state index in [0.29, 0.717) is 27.0 Å². The molecule has 116 valence electrons. The minimum Gasteiger partial charge on any atom is -0.479 e. The first-order valence-corrected chi connectivity index (χ1v) is 7.37. The Hall–Kier alpha value is -1.75. The zero-order chi connectivity index (χ0) is 16.1. The summed E-state index contributed by atoms with van der Waals surface area (Å²) < 4.78 is 5.54. The molecule has 0 aliphatic rings. The lowest BCUT2D eigenvalue weighted by atomic mass is 10.2. The summed E-state index contributed by atoms with van der Waals surface area (Å²) in [5.41, 5.74) is 1.31. The van der Waals surface area contributed by atoms with Gasteiger partial charge in [-0.25, -0.2) is 0 Å². The summed E-state index contributed by atoms with van der Waals surface area (Å²) in [5, 5.41) is 12.7. The second-order valence-corrected chi connectivity index (χ2v) is 5.53. The van der Waals surface area contributed by atoms with Crippen molar-refractivity contribution in [1.82, 2.24) is 0 Å². The van der Waals surface area contributed by atoms with E-state index in [1.165, 1.54) is 0 Å². The van der Waals surface area contributed by atoms with Gasteiger partial charge in [0.1, 0.15) is 5.75 Å². The summed E-state index contributed by atoms with van der Waals surface area (Å²) in [6, 6.07) is 11.7. The predicted molar refractivity (Wildman–Crippen MR) is 87.5 cm³/mol. The average Bonchev–Trinajstić information content (AvgIpc) is 2.50. The van der Waals surface area contributed by atoms with Crippen LogP contribution >= 0.6 is 23.2 Å². The van der Waals surface area contributed by atoms with Crippen molar-refractivity contribution in [3.63, 3.8) is 0 Å². The minimum absolute atomic E-state index is 0.0872. The second kappa shape index (κ2) is 7.49. The molecule has 4 nitrogen and oxygen atoms in total. The maximum atomic E-state index is 12.1. The first-order valence-electron chi connectivity index (χ1n) is 6.62. The van der Waals surface area contributed by atoms with Crippen molar-refractivity contribution >= 4 is 34.8 Å². The molecule has 2 N–H and O–H groups in total. The van der Waals surface area contributed by atoms with Gasteiger partial charge in [0, 0.05) is 10.7 Å². The summed E-state index contributed by atoms with van der Waals surface area (Å²) in [5.74, 6) is 0.0685. The molecule has 0 aromatic heterocycles. The fraction of sp³-hybridized carbons (Fsp3) is 0.188. The van der Waals surface area contributed by atoms with Crippen molar-refractivity contribution in [2.45, 2.75) is 19.6 Å². The van der Waals surface area contributed by atoms with E-state index in [0.717, 1.165) is 0 Å². The van der Waals surface area contributed by atoms with Gasteiger partial charge in [0.2, 0.25) is 0 Å². The van der Waals surface area contributed by atoms with E-state index in [9.17, 15) is 4.79 Å². The lowest BCUT2D eigenvalue weighted by Crippen LogP contribution is -2.30. The monoisotopic (exact) mass is 339 g/mol. The number of halogens is 2. The summed E-state index contributed by atoms with van der Waals surface area (Å²) in [7, 11) is 0. The number of aliphatic hydroxyl groups is 1. The van der Waals surface area contributed by atoms with Crippen molar-refractivity contribution < 1.29 is 14.6 Å². The van der Waals surface area contributed by atoms with Crippen LogP contribution in [0.25, 0.3) is 0 Å². The molecule has 0 heterocycles. The van der Waals surface area contributed by atoms with Crippen molar-refractivity contribution in [3.8, 4) is 5.75 Å². The van der Waals surface area contributed by atoms with Crippen molar-refractivity contribution in [1.29, 1.82) is 0 Å². The summed E-state index contributed by atoms with van der Waals surface area (Å²) in [6.07, 6.45) is -0.739. The normalized spacial score (nSPS) is 11.8. The molecule has 2 aromatic carbocycles. The lowest BCUT2D eigenvalue weighted by molar-refractivity contribution is -0.122. The van der Waals surface area contributed by atoms with E-state index in [-0.39, 0.29) is 12.5 Å². The fourth-order valence-corrected chi connectivity index (χ4v) is 2.26. The second-order valence-electron chi connectivity index (χ2n) is 4.68. The number of nitrogens with one attached hydrogen (secondary N) is 1. The molecule has 0 aliphatic carbocycles. The highest BCUT2D eigenvalue weighted by atomic mass is 35.5. The zero-order valence-electron chi connectivity index (χ0n) is 11.8. The molecular formula is C16H15Cl2NO3. The summed E-state index contributed by atoms with van der Waals surface area (Å²) >= 11 is 11.8. The van der Waals surface area contributed by atoms with Crippen molar-refractivity contribution in [2.75, 3.05) is 5.32 Å². The third kappa shape index (κ3) is 4.37. The molecule has 0 saturated carbocycles. The SMILES string of the molecule is CC(Oc1ccc(Cl)cc1Cl)C(=O)Nc1cccc(CO)c1. The zero-order valence-corrected chi connectivity index (χ0v) is 13.4. The maximum absolute atomic E-state index is 12.1. The van der Waals surface area contributed by atoms with Gasteiger partial charge in [-0.2, -0.15) is 0 Å². The maximum Gasteiger partial charge on any atom is 0.265 e. The van der Waals surface area contributed by atoms with Gasteiger partial charge in [-0.15, -0.1) is 0 Å². The van der Waals surface area contributed by atoms with Gasteiger partial charge < -0.3 is 15.2 Å². The molecule has 22 heavy (non-hydrogen) atoms. The first kappa shape index (κ1) is 16.6. The molecule has 0 radical (unpaired) electrons. The number of rotatable bonds is 5. The van der Waals surface area contributed by atoms with Gasteiger partial charge in [0.15, 0.2) is 6.10 Å². The van der Waals surface area contributed by atoms with E-state index in [4.69, 9.17) is 33.0 Å². The van der Waals surface area contributed by atoms with Crippen LogP contribution in [-0.4, -0.2) is 17.1 Å². The first-order chi connectivity index (χ1) is 10.5. The Labute approximate surface area is 138 Å². The molecule has 0 aliphatic heterocycles. The highest BCUT2D eigenvalue weighted by Crippen LogP contribution is 2.28. The van der Waals surface area contributed by atoms with Crippen LogP contribution in [-0.2, 0) is 11.4 Å². The Balaban J connectivity index is 2.02. The van der Waals surface area contributed by atoms with Gasteiger partial charge in [0.05, 0.1) is 11.6 Å². The predicted octanol–water partition coefficient (Wildman–Crippen LogP) is 3.89. The Morgan fingerprint density at radius 3 is 2.73 bits per heavy atom. The molecule has 1 amide bonds. The Morgan fingerprint density at radius 2 is 2.05 bits per heavy atom. The van der Waals surface area contributed by atoms with Crippen molar-refractivity contribution in [2.24, 2.45) is 0 Å².